The molecule has 18 aromatic rings. The molecule has 479 valence electrons. The van der Waals surface area contributed by atoms with E-state index in [1.165, 1.54) is 73.0 Å². The van der Waals surface area contributed by atoms with Gasteiger partial charge in [-0.2, -0.15) is 0 Å². The van der Waals surface area contributed by atoms with E-state index in [1.54, 1.807) is 21.3 Å². The van der Waals surface area contributed by atoms with Gasteiger partial charge in [0, 0.05) is 83.6 Å². The van der Waals surface area contributed by atoms with Gasteiger partial charge < -0.3 is 9.76 Å². The molecular weight excluding hydrogens is 1330 g/mol. The van der Waals surface area contributed by atoms with Gasteiger partial charge in [0.05, 0.1) is 11.2 Å². The molecule has 0 atom stereocenters. The zero-order valence-electron chi connectivity index (χ0n) is 55.2. The van der Waals surface area contributed by atoms with E-state index in [0.717, 1.165) is 64.9 Å². The lowest BCUT2D eigenvalue weighted by Gasteiger charge is -2.37. The van der Waals surface area contributed by atoms with Crippen LogP contribution in [0.25, 0.3) is 163 Å². The molecule has 0 saturated carbocycles. The summed E-state index contributed by atoms with van der Waals surface area (Å²) in [4.78, 5) is 29.4. The molecule has 100 heavy (non-hydrogen) atoms. The van der Waals surface area contributed by atoms with Crippen molar-refractivity contribution in [3.8, 4) is 79.5 Å². The smallest absolute Gasteiger partial charge is 0.331 e. The van der Waals surface area contributed by atoms with Crippen LogP contribution in [0, 0.1) is 0 Å². The SMILES string of the molecule is Brc1ccc(-c2nc(-c3ccccc3)nc(-c3ccccc3)n2)c2ccccc12.CC(C)(O)C(C)(C)O[B]c1cccc2c1ccc1c3ccccc3sc21.c1ccc(-c2nc(-c3ccccc3)nc(-c3ccc(-c4cccc5c4ccc4c6ccccc6sc54)c4ccccc34)n2)cc1. The van der Waals surface area contributed by atoms with Crippen molar-refractivity contribution < 1.29 is 9.76 Å². The van der Waals surface area contributed by atoms with Crippen molar-refractivity contribution in [2.45, 2.75) is 38.9 Å². The van der Waals surface area contributed by atoms with Crippen molar-refractivity contribution in [3.63, 3.8) is 0 Å². The van der Waals surface area contributed by atoms with Gasteiger partial charge in [0.15, 0.2) is 34.9 Å². The van der Waals surface area contributed by atoms with Gasteiger partial charge in [0.2, 0.25) is 0 Å². The Hall–Kier alpha value is -11.0. The summed E-state index contributed by atoms with van der Waals surface area (Å²) < 4.78 is 12.3. The van der Waals surface area contributed by atoms with Gasteiger partial charge in [-0.05, 0) is 112 Å². The van der Waals surface area contributed by atoms with Gasteiger partial charge in [-0.15, -0.1) is 22.7 Å². The first-order valence-corrected chi connectivity index (χ1v) is 35.6. The Bertz CT molecular complexity index is 5970. The van der Waals surface area contributed by atoms with E-state index in [4.69, 9.17) is 34.6 Å². The maximum Gasteiger partial charge on any atom is 0.331 e. The molecule has 0 bridgehead atoms. The number of aliphatic hydroxyl groups is 1. The van der Waals surface area contributed by atoms with Crippen LogP contribution >= 0.6 is 38.6 Å². The number of nitrogens with zero attached hydrogens (tertiary/aromatic N) is 6. The molecule has 1 N–H and O–H groups in total. The van der Waals surface area contributed by atoms with Crippen molar-refractivity contribution in [1.29, 1.82) is 0 Å². The minimum Gasteiger partial charge on any atom is -0.427 e. The van der Waals surface area contributed by atoms with E-state index in [-0.39, 0.29) is 0 Å². The maximum absolute atomic E-state index is 10.3. The maximum atomic E-state index is 10.3. The zero-order valence-corrected chi connectivity index (χ0v) is 58.4. The van der Waals surface area contributed by atoms with E-state index in [2.05, 4.69) is 180 Å². The summed E-state index contributed by atoms with van der Waals surface area (Å²) in [6, 6.07) is 105. The largest absolute Gasteiger partial charge is 0.427 e. The monoisotopic (exact) mass is 1390 g/mol. The second-order valence-corrected chi connectivity index (χ2v) is 28.6. The molecule has 1 radical (unpaired) electrons. The van der Waals surface area contributed by atoms with E-state index in [0.29, 0.717) is 34.9 Å². The fourth-order valence-electron chi connectivity index (χ4n) is 12.8. The van der Waals surface area contributed by atoms with Gasteiger partial charge in [-0.1, -0.05) is 289 Å². The normalized spacial score (nSPS) is 11.7. The first-order valence-electron chi connectivity index (χ1n) is 33.2. The molecule has 4 heterocycles. The zero-order chi connectivity index (χ0) is 67.9. The summed E-state index contributed by atoms with van der Waals surface area (Å²) >= 11 is 7.36. The van der Waals surface area contributed by atoms with Crippen molar-refractivity contribution in [2.24, 2.45) is 0 Å². The summed E-state index contributed by atoms with van der Waals surface area (Å²) in [6.07, 6.45) is 0. The third-order valence-corrected chi connectivity index (χ3v) is 21.9. The van der Waals surface area contributed by atoms with Crippen LogP contribution < -0.4 is 5.46 Å². The summed E-state index contributed by atoms with van der Waals surface area (Å²) in [7, 11) is 1.78. The molecule has 18 rings (SSSR count). The van der Waals surface area contributed by atoms with Crippen LogP contribution in [-0.4, -0.2) is 53.7 Å². The quantitative estimate of drug-likeness (QED) is 0.128. The van der Waals surface area contributed by atoms with Crippen LogP contribution in [0.3, 0.4) is 0 Å². The van der Waals surface area contributed by atoms with Crippen molar-refractivity contribution in [3.05, 3.63) is 308 Å². The number of rotatable bonds is 11. The lowest BCUT2D eigenvalue weighted by Crippen LogP contribution is -2.49. The first kappa shape index (κ1) is 63.8. The molecule has 0 saturated heterocycles. The van der Waals surface area contributed by atoms with Crippen LogP contribution in [0.15, 0.2) is 308 Å². The highest BCUT2D eigenvalue weighted by atomic mass is 79.9. The molecule has 4 aromatic heterocycles. The number of hydrogen-bond donors (Lipinski definition) is 1. The number of thiophene rings is 2. The van der Waals surface area contributed by atoms with E-state index in [1.807, 2.05) is 176 Å². The van der Waals surface area contributed by atoms with E-state index >= 15 is 0 Å². The average Bonchev–Trinajstić information content (AvgIpc) is 1.42. The summed E-state index contributed by atoms with van der Waals surface area (Å²) in [5, 5.41) is 25.0. The third kappa shape index (κ3) is 12.4. The highest BCUT2D eigenvalue weighted by Gasteiger charge is 2.36. The average molecular weight is 1390 g/mol. The van der Waals surface area contributed by atoms with Crippen molar-refractivity contribution >= 4 is 135 Å². The Balaban J connectivity index is 0.000000123. The Labute approximate surface area is 596 Å². The molecule has 0 aliphatic carbocycles. The second-order valence-electron chi connectivity index (χ2n) is 25.7. The molecule has 0 fully saturated rings. The lowest BCUT2D eigenvalue weighted by atomic mass is 9.80. The first-order chi connectivity index (χ1) is 48.9. The fraction of sp³-hybridized carbons (Fsp3) is 0.0682. The molecule has 0 amide bonds. The molecule has 14 aromatic carbocycles. The van der Waals surface area contributed by atoms with Gasteiger partial charge in [0.1, 0.15) is 0 Å². The number of hydrogen-bond acceptors (Lipinski definition) is 10. The summed E-state index contributed by atoms with van der Waals surface area (Å²) in [5.74, 6) is 3.99. The number of aromatic nitrogens is 6. The van der Waals surface area contributed by atoms with Crippen LogP contribution in [-0.2, 0) is 4.65 Å². The molecular formula is C88H63BBrN6O2S2. The molecule has 0 aliphatic heterocycles. The Morgan fingerprint density at radius 2 is 0.600 bits per heavy atom. The predicted molar refractivity (Wildman–Crippen MR) is 424 cm³/mol. The Morgan fingerprint density at radius 3 is 1.07 bits per heavy atom. The number of fused-ring (bicyclic) bond motifs is 12. The molecule has 0 aliphatic rings. The number of benzene rings is 14. The molecule has 0 spiro atoms. The van der Waals surface area contributed by atoms with E-state index < -0.39 is 11.2 Å². The van der Waals surface area contributed by atoms with Gasteiger partial charge in [-0.3, -0.25) is 0 Å². The number of halogens is 1. The van der Waals surface area contributed by atoms with Crippen LogP contribution in [0.1, 0.15) is 27.7 Å². The van der Waals surface area contributed by atoms with Gasteiger partial charge in [0.25, 0.3) is 0 Å². The highest BCUT2D eigenvalue weighted by Crippen LogP contribution is 2.44. The molecule has 8 nitrogen and oxygen atoms in total. The van der Waals surface area contributed by atoms with E-state index in [9.17, 15) is 5.11 Å². The van der Waals surface area contributed by atoms with Gasteiger partial charge >= 0.3 is 7.48 Å². The highest BCUT2D eigenvalue weighted by molar-refractivity contribution is 9.10. The van der Waals surface area contributed by atoms with Crippen LogP contribution in [0.5, 0.6) is 0 Å². The minimum atomic E-state index is -0.938. The predicted octanol–water partition coefficient (Wildman–Crippen LogP) is 23.0. The van der Waals surface area contributed by atoms with Crippen molar-refractivity contribution in [2.75, 3.05) is 0 Å². The topological polar surface area (TPSA) is 107 Å². The Kier molecular flexibility index (Phi) is 17.2. The summed E-state index contributed by atoms with van der Waals surface area (Å²) in [6.45, 7) is 7.34. The Morgan fingerprint density at radius 1 is 0.290 bits per heavy atom. The molecule has 0 unspecified atom stereocenters. The lowest BCUT2D eigenvalue weighted by molar-refractivity contribution is -0.0893. The minimum absolute atomic E-state index is 0.661. The fourth-order valence-corrected chi connectivity index (χ4v) is 15.8. The van der Waals surface area contributed by atoms with Crippen LogP contribution in [0.2, 0.25) is 0 Å². The third-order valence-electron chi connectivity index (χ3n) is 18.8. The van der Waals surface area contributed by atoms with Crippen LogP contribution in [0.4, 0.5) is 0 Å². The summed E-state index contributed by atoms with van der Waals surface area (Å²) in [5.41, 5.74) is 7.65. The van der Waals surface area contributed by atoms with Crippen molar-refractivity contribution in [1.82, 2.24) is 29.9 Å². The second kappa shape index (κ2) is 27.0. The van der Waals surface area contributed by atoms with Gasteiger partial charge in [-0.25, -0.2) is 29.9 Å². The standard InChI is InChI=1S/C41H25N3S.C25H16BrN3.C22H22BO2S/c1-3-12-26(13-4-1)39-42-40(27-14-5-2-6-15-27)44-41(43-39)36-25-23-31(28-16-7-8-17-30(28)36)29-19-11-20-34-32(29)22-24-35-33-18-9-10-21-37(33)45-38(34)35;26-22-16-15-21(19-13-7-8-14-20(19)22)25-28-23(17-9-3-1-4-10-17)27-24(29-25)18-11-5-2-6-12-18;1-21(2,24)22(3,4)25-23-18-10-7-9-16-14(18)12-13-17-15-8-5-6-11-19(15)26-20(16)17/h1-25H;1-16H;5-13,24H,1-4H3. The molecule has 12 heteroatoms.